The average Bonchev–Trinajstić information content (AvgIpc) is 4.03. The van der Waals surface area contributed by atoms with Crippen LogP contribution in [0.25, 0.3) is 49.7 Å². The van der Waals surface area contributed by atoms with Gasteiger partial charge in [-0.15, -0.1) is 0 Å². The highest BCUT2D eigenvalue weighted by atomic mass is 15.2. The van der Waals surface area contributed by atoms with Gasteiger partial charge in [-0.05, 0) is 166 Å². The molecule has 10 aromatic carbocycles. The van der Waals surface area contributed by atoms with Crippen molar-refractivity contribution in [3.05, 3.63) is 300 Å². The molecule has 11 aromatic rings. The number of hydrogen-bond acceptors (Lipinski definition) is 2. The lowest BCUT2D eigenvalue weighted by atomic mass is 9.67. The molecule has 0 bridgehead atoms. The molecule has 14 rings (SSSR count). The largest absolute Gasteiger partial charge is 0.311 e. The number of rotatable bonds is 9. The van der Waals surface area contributed by atoms with E-state index in [9.17, 15) is 0 Å². The summed E-state index contributed by atoms with van der Waals surface area (Å²) in [7, 11) is 0. The first-order valence-electron chi connectivity index (χ1n) is 25.7. The van der Waals surface area contributed by atoms with E-state index in [-0.39, 0.29) is 5.41 Å². The van der Waals surface area contributed by atoms with Crippen molar-refractivity contribution in [1.29, 1.82) is 0 Å². The Hall–Kier alpha value is -8.92. The molecule has 1 aromatic heterocycles. The van der Waals surface area contributed by atoms with E-state index in [4.69, 9.17) is 0 Å². The molecule has 0 unspecified atom stereocenters. The first kappa shape index (κ1) is 42.9. The van der Waals surface area contributed by atoms with E-state index in [1.807, 2.05) is 0 Å². The second-order valence-corrected chi connectivity index (χ2v) is 20.3. The Labute approximate surface area is 427 Å². The van der Waals surface area contributed by atoms with Crippen molar-refractivity contribution in [2.24, 2.45) is 0 Å². The standard InChI is InChI=1S/C70H53N3/c1-69(2)63-32-18-15-29-57(63)60-42-40-56(47-66(60)69)72(52-27-13-6-14-28-52)55-41-44-68-62(46-55)61-45-49(70(48-21-7-3-8-22-48)64-33-19-16-30-58(64)59-31-17-20-34-65(59)70)35-43-67(61)73(68)54-38-36-53(37-39-54)71(50-23-9-4-10-24-50)51-25-11-5-12-26-51/h3-5,7-13,15-47H,6,14H2,1-2H3. The van der Waals surface area contributed by atoms with E-state index >= 15 is 0 Å². The molecule has 0 radical (unpaired) electrons. The predicted molar refractivity (Wildman–Crippen MR) is 305 cm³/mol. The van der Waals surface area contributed by atoms with Gasteiger partial charge in [-0.1, -0.05) is 178 Å². The Balaban J connectivity index is 1.00. The van der Waals surface area contributed by atoms with Crippen LogP contribution in [0.3, 0.4) is 0 Å². The van der Waals surface area contributed by atoms with Crippen LogP contribution in [0.15, 0.2) is 267 Å². The fourth-order valence-corrected chi connectivity index (χ4v) is 12.8. The van der Waals surface area contributed by atoms with Gasteiger partial charge in [-0.25, -0.2) is 0 Å². The van der Waals surface area contributed by atoms with Crippen LogP contribution in [0.1, 0.15) is 60.1 Å². The van der Waals surface area contributed by atoms with Crippen LogP contribution in [0.4, 0.5) is 28.4 Å². The van der Waals surface area contributed by atoms with Crippen molar-refractivity contribution in [2.45, 2.75) is 37.5 Å². The highest BCUT2D eigenvalue weighted by Crippen LogP contribution is 2.57. The van der Waals surface area contributed by atoms with Gasteiger partial charge in [-0.2, -0.15) is 0 Å². The van der Waals surface area contributed by atoms with Gasteiger partial charge in [0.25, 0.3) is 0 Å². The molecular weight excluding hydrogens is 883 g/mol. The van der Waals surface area contributed by atoms with Crippen LogP contribution in [-0.2, 0) is 10.8 Å². The molecule has 0 saturated carbocycles. The lowest BCUT2D eigenvalue weighted by Gasteiger charge is -2.34. The lowest BCUT2D eigenvalue weighted by molar-refractivity contribution is 0.660. The molecule has 0 aliphatic heterocycles. The molecule has 0 fully saturated rings. The van der Waals surface area contributed by atoms with Crippen molar-refractivity contribution in [3.63, 3.8) is 0 Å². The van der Waals surface area contributed by atoms with Gasteiger partial charge < -0.3 is 14.4 Å². The van der Waals surface area contributed by atoms with Crippen LogP contribution in [-0.4, -0.2) is 4.57 Å². The molecule has 0 spiro atoms. The minimum absolute atomic E-state index is 0.126. The quantitative estimate of drug-likeness (QED) is 0.143. The Kier molecular flexibility index (Phi) is 9.91. The first-order chi connectivity index (χ1) is 36.0. The SMILES string of the molecule is CC1(C)c2ccccc2-c2ccc(N(C3=CCCC=C3)c3ccc4c(c3)c3cc(C5(c6ccccc6)c6ccccc6-c6ccccc65)ccc3n4-c3ccc(N(c4ccccc4)c4ccccc4)cc3)cc21. The van der Waals surface area contributed by atoms with Gasteiger partial charge in [0.2, 0.25) is 0 Å². The average molecular weight is 936 g/mol. The van der Waals surface area contributed by atoms with Gasteiger partial charge in [0.1, 0.15) is 0 Å². The third-order valence-electron chi connectivity index (χ3n) is 16.1. The normalized spacial score (nSPS) is 14.6. The number of fused-ring (bicyclic) bond motifs is 9. The molecule has 3 heteroatoms. The molecule has 0 saturated heterocycles. The summed E-state index contributed by atoms with van der Waals surface area (Å²) in [6.07, 6.45) is 9.10. The maximum Gasteiger partial charge on any atom is 0.0713 e. The lowest BCUT2D eigenvalue weighted by Crippen LogP contribution is -2.28. The summed E-state index contributed by atoms with van der Waals surface area (Å²) in [5.41, 5.74) is 22.7. The second-order valence-electron chi connectivity index (χ2n) is 20.3. The summed E-state index contributed by atoms with van der Waals surface area (Å²) in [5, 5.41) is 2.42. The third-order valence-corrected chi connectivity index (χ3v) is 16.1. The zero-order valence-electron chi connectivity index (χ0n) is 41.1. The van der Waals surface area contributed by atoms with Crippen molar-refractivity contribution >= 4 is 50.2 Å². The Morgan fingerprint density at radius 3 is 1.49 bits per heavy atom. The van der Waals surface area contributed by atoms with Gasteiger partial charge in [0.15, 0.2) is 0 Å². The van der Waals surface area contributed by atoms with Crippen LogP contribution in [0.2, 0.25) is 0 Å². The molecule has 0 N–H and O–H groups in total. The molecular formula is C70H53N3. The van der Waals surface area contributed by atoms with Gasteiger partial charge in [0, 0.05) is 56.0 Å². The fourth-order valence-electron chi connectivity index (χ4n) is 12.8. The molecule has 3 aliphatic rings. The molecule has 348 valence electrons. The maximum absolute atomic E-state index is 2.52. The number of allylic oxidation sites excluding steroid dienone is 3. The Morgan fingerprint density at radius 2 is 0.863 bits per heavy atom. The summed E-state index contributed by atoms with van der Waals surface area (Å²) in [5.74, 6) is 0. The molecule has 1 heterocycles. The van der Waals surface area contributed by atoms with Crippen molar-refractivity contribution in [3.8, 4) is 27.9 Å². The zero-order chi connectivity index (χ0) is 48.7. The molecule has 3 nitrogen and oxygen atoms in total. The number of aromatic nitrogens is 1. The summed E-state index contributed by atoms with van der Waals surface area (Å²) in [4.78, 5) is 4.82. The number of para-hydroxylation sites is 2. The number of nitrogens with zero attached hydrogens (tertiary/aromatic N) is 3. The smallest absolute Gasteiger partial charge is 0.0713 e. The van der Waals surface area contributed by atoms with E-state index in [0.717, 1.165) is 52.3 Å². The van der Waals surface area contributed by atoms with Crippen molar-refractivity contribution in [1.82, 2.24) is 4.57 Å². The summed E-state index contributed by atoms with van der Waals surface area (Å²) in [6, 6.07) is 90.2. The number of hydrogen-bond donors (Lipinski definition) is 0. The van der Waals surface area contributed by atoms with E-state index in [2.05, 4.69) is 289 Å². The van der Waals surface area contributed by atoms with Crippen molar-refractivity contribution in [2.75, 3.05) is 9.80 Å². The van der Waals surface area contributed by atoms with E-state index in [1.165, 1.54) is 77.8 Å². The maximum atomic E-state index is 2.52. The Bertz CT molecular complexity index is 3910. The highest BCUT2D eigenvalue weighted by molar-refractivity contribution is 6.11. The number of anilines is 5. The fraction of sp³-hybridized carbons (Fsp3) is 0.0857. The van der Waals surface area contributed by atoms with Crippen molar-refractivity contribution < 1.29 is 0 Å². The predicted octanol–water partition coefficient (Wildman–Crippen LogP) is 18.3. The van der Waals surface area contributed by atoms with Crippen LogP contribution in [0.5, 0.6) is 0 Å². The molecule has 3 aliphatic carbocycles. The summed E-state index contributed by atoms with van der Waals surface area (Å²) in [6.45, 7) is 4.75. The van der Waals surface area contributed by atoms with Gasteiger partial charge in [0.05, 0.1) is 16.4 Å². The van der Waals surface area contributed by atoms with Crippen LogP contribution < -0.4 is 9.80 Å². The topological polar surface area (TPSA) is 11.4 Å². The highest BCUT2D eigenvalue weighted by Gasteiger charge is 2.46. The van der Waals surface area contributed by atoms with E-state index < -0.39 is 5.41 Å². The number of benzene rings is 10. The molecule has 73 heavy (non-hydrogen) atoms. The minimum atomic E-state index is -0.535. The summed E-state index contributed by atoms with van der Waals surface area (Å²) < 4.78 is 2.47. The van der Waals surface area contributed by atoms with Gasteiger partial charge >= 0.3 is 0 Å². The first-order valence-corrected chi connectivity index (χ1v) is 25.7. The van der Waals surface area contributed by atoms with Crippen LogP contribution in [0, 0.1) is 0 Å². The zero-order valence-corrected chi connectivity index (χ0v) is 41.1. The van der Waals surface area contributed by atoms with Crippen LogP contribution >= 0.6 is 0 Å². The Morgan fingerprint density at radius 1 is 0.370 bits per heavy atom. The molecule has 0 amide bonds. The third kappa shape index (κ3) is 6.58. The van der Waals surface area contributed by atoms with Gasteiger partial charge in [-0.3, -0.25) is 0 Å². The molecule has 0 atom stereocenters. The minimum Gasteiger partial charge on any atom is -0.311 e. The van der Waals surface area contributed by atoms with E-state index in [1.54, 1.807) is 0 Å². The monoisotopic (exact) mass is 935 g/mol. The summed E-state index contributed by atoms with van der Waals surface area (Å²) >= 11 is 0. The second kappa shape index (κ2) is 16.9. The van der Waals surface area contributed by atoms with E-state index in [0.29, 0.717) is 0 Å².